The maximum Gasteiger partial charge on any atom is 0.330 e. The molecule has 0 unspecified atom stereocenters. The van der Waals surface area contributed by atoms with Crippen LogP contribution in [0.4, 0.5) is 4.79 Å². The standard InChI is InChI=1S/C14H23N3O5S/c1-21-13(19)11-9-16(12(18)10-23-2)3-4-17(11)14(20)15-5-7-22-8-6-15/h11H,3-10H2,1-2H3/t11-/m0/s1. The Morgan fingerprint density at radius 3 is 2.43 bits per heavy atom. The largest absolute Gasteiger partial charge is 0.467 e. The number of carbonyl (C=O) groups is 3. The highest BCUT2D eigenvalue weighted by molar-refractivity contribution is 7.99. The minimum absolute atomic E-state index is 0.0233. The van der Waals surface area contributed by atoms with Crippen LogP contribution in [0.25, 0.3) is 0 Å². The molecule has 2 heterocycles. The second kappa shape index (κ2) is 8.39. The van der Waals surface area contributed by atoms with Crippen LogP contribution < -0.4 is 0 Å². The second-order valence-electron chi connectivity index (χ2n) is 5.39. The molecule has 3 amide bonds. The van der Waals surface area contributed by atoms with Crippen LogP contribution in [0.2, 0.25) is 0 Å². The van der Waals surface area contributed by atoms with Gasteiger partial charge in [-0.1, -0.05) is 0 Å². The lowest BCUT2D eigenvalue weighted by molar-refractivity contribution is -0.150. The topological polar surface area (TPSA) is 79.4 Å². The molecule has 130 valence electrons. The highest BCUT2D eigenvalue weighted by Gasteiger charge is 2.39. The Labute approximate surface area is 140 Å². The van der Waals surface area contributed by atoms with Crippen molar-refractivity contribution in [3.63, 3.8) is 0 Å². The van der Waals surface area contributed by atoms with E-state index in [1.54, 1.807) is 9.80 Å². The van der Waals surface area contributed by atoms with Crippen molar-refractivity contribution in [2.75, 3.05) is 65.1 Å². The normalized spacial score (nSPS) is 22.0. The van der Waals surface area contributed by atoms with Crippen LogP contribution in [0.1, 0.15) is 0 Å². The number of urea groups is 1. The quantitative estimate of drug-likeness (QED) is 0.641. The van der Waals surface area contributed by atoms with Crippen molar-refractivity contribution in [3.05, 3.63) is 0 Å². The van der Waals surface area contributed by atoms with E-state index in [4.69, 9.17) is 9.47 Å². The molecule has 9 heteroatoms. The fourth-order valence-electron chi connectivity index (χ4n) is 2.73. The highest BCUT2D eigenvalue weighted by Crippen LogP contribution is 2.16. The average molecular weight is 345 g/mol. The van der Waals surface area contributed by atoms with E-state index in [2.05, 4.69) is 0 Å². The molecule has 0 aromatic rings. The number of rotatable bonds is 3. The number of thioether (sulfide) groups is 1. The predicted octanol–water partition coefficient (Wildman–Crippen LogP) is -0.513. The Balaban J connectivity index is 2.07. The Morgan fingerprint density at radius 2 is 1.83 bits per heavy atom. The Bertz CT molecular complexity index is 456. The minimum atomic E-state index is -0.755. The van der Waals surface area contributed by atoms with Gasteiger partial charge in [0.25, 0.3) is 0 Å². The number of hydrogen-bond acceptors (Lipinski definition) is 6. The van der Waals surface area contributed by atoms with Gasteiger partial charge >= 0.3 is 12.0 Å². The van der Waals surface area contributed by atoms with Gasteiger partial charge in [-0.15, -0.1) is 0 Å². The molecular formula is C14H23N3O5S. The van der Waals surface area contributed by atoms with E-state index >= 15 is 0 Å². The van der Waals surface area contributed by atoms with E-state index < -0.39 is 12.0 Å². The van der Waals surface area contributed by atoms with E-state index in [9.17, 15) is 14.4 Å². The first-order chi connectivity index (χ1) is 11.1. The van der Waals surface area contributed by atoms with E-state index in [1.807, 2.05) is 6.26 Å². The minimum Gasteiger partial charge on any atom is -0.467 e. The molecule has 0 saturated carbocycles. The highest BCUT2D eigenvalue weighted by atomic mass is 32.2. The van der Waals surface area contributed by atoms with Crippen molar-refractivity contribution in [3.8, 4) is 0 Å². The molecule has 0 bridgehead atoms. The van der Waals surface area contributed by atoms with Gasteiger partial charge in [0.05, 0.1) is 32.6 Å². The van der Waals surface area contributed by atoms with Crippen molar-refractivity contribution in [2.45, 2.75) is 6.04 Å². The van der Waals surface area contributed by atoms with Crippen molar-refractivity contribution in [1.29, 1.82) is 0 Å². The van der Waals surface area contributed by atoms with Crippen molar-refractivity contribution in [2.24, 2.45) is 0 Å². The summed E-state index contributed by atoms with van der Waals surface area (Å²) < 4.78 is 10.1. The number of ether oxygens (including phenoxy) is 2. The second-order valence-corrected chi connectivity index (χ2v) is 6.25. The number of morpholine rings is 1. The summed E-state index contributed by atoms with van der Waals surface area (Å²) in [7, 11) is 1.29. The van der Waals surface area contributed by atoms with Crippen LogP contribution in [0, 0.1) is 0 Å². The summed E-state index contributed by atoms with van der Waals surface area (Å²) in [6.07, 6.45) is 1.86. The Hall–Kier alpha value is -1.48. The molecular weight excluding hydrogens is 322 g/mol. The molecule has 8 nitrogen and oxygen atoms in total. The maximum atomic E-state index is 12.7. The van der Waals surface area contributed by atoms with E-state index in [0.29, 0.717) is 45.1 Å². The summed E-state index contributed by atoms with van der Waals surface area (Å²) in [6, 6.07) is -0.949. The van der Waals surface area contributed by atoms with Crippen LogP contribution in [0.5, 0.6) is 0 Å². The zero-order valence-corrected chi connectivity index (χ0v) is 14.3. The molecule has 2 rings (SSSR count). The fourth-order valence-corrected chi connectivity index (χ4v) is 3.16. The van der Waals surface area contributed by atoms with Gasteiger partial charge in [-0.25, -0.2) is 9.59 Å². The number of hydrogen-bond donors (Lipinski definition) is 0. The molecule has 1 atom stereocenters. The third kappa shape index (κ3) is 4.29. The molecule has 2 fully saturated rings. The molecule has 2 aliphatic heterocycles. The third-order valence-electron chi connectivity index (χ3n) is 4.00. The van der Waals surface area contributed by atoms with Crippen LogP contribution in [0.3, 0.4) is 0 Å². The van der Waals surface area contributed by atoms with E-state index in [1.165, 1.54) is 23.8 Å². The summed E-state index contributed by atoms with van der Waals surface area (Å²) >= 11 is 1.44. The zero-order chi connectivity index (χ0) is 16.8. The molecule has 23 heavy (non-hydrogen) atoms. The molecule has 2 saturated heterocycles. The predicted molar refractivity (Wildman–Crippen MR) is 85.3 cm³/mol. The summed E-state index contributed by atoms with van der Waals surface area (Å²) in [5, 5.41) is 0. The van der Waals surface area contributed by atoms with Gasteiger partial charge in [-0.05, 0) is 6.26 Å². The van der Waals surface area contributed by atoms with Crippen LogP contribution >= 0.6 is 11.8 Å². The van der Waals surface area contributed by atoms with Gasteiger partial charge in [0.2, 0.25) is 5.91 Å². The molecule has 0 N–H and O–H groups in total. The third-order valence-corrected chi connectivity index (χ3v) is 4.54. The van der Waals surface area contributed by atoms with Crippen LogP contribution in [-0.4, -0.2) is 104 Å². The monoisotopic (exact) mass is 345 g/mol. The molecule has 0 radical (unpaired) electrons. The molecule has 0 aromatic carbocycles. The molecule has 0 spiro atoms. The van der Waals surface area contributed by atoms with Gasteiger partial charge < -0.3 is 24.2 Å². The summed E-state index contributed by atoms with van der Waals surface area (Å²) in [5.41, 5.74) is 0. The van der Waals surface area contributed by atoms with Gasteiger partial charge in [0.15, 0.2) is 0 Å². The SMILES string of the molecule is COC(=O)[C@@H]1CN(C(=O)CSC)CCN1C(=O)N1CCOCC1. The number of carbonyl (C=O) groups excluding carboxylic acids is 3. The summed E-state index contributed by atoms with van der Waals surface area (Å²) in [4.78, 5) is 41.6. The maximum absolute atomic E-state index is 12.7. The van der Waals surface area contributed by atoms with Crippen molar-refractivity contribution < 1.29 is 23.9 Å². The summed E-state index contributed by atoms with van der Waals surface area (Å²) in [5.74, 6) is -0.149. The molecule has 2 aliphatic rings. The molecule has 0 aliphatic carbocycles. The molecule has 0 aromatic heterocycles. The van der Waals surface area contributed by atoms with Gasteiger partial charge in [0, 0.05) is 26.2 Å². The van der Waals surface area contributed by atoms with Crippen molar-refractivity contribution >= 4 is 29.7 Å². The van der Waals surface area contributed by atoms with E-state index in [0.717, 1.165) is 0 Å². The van der Waals surface area contributed by atoms with E-state index in [-0.39, 0.29) is 18.5 Å². The van der Waals surface area contributed by atoms with Crippen LogP contribution in [-0.2, 0) is 19.1 Å². The first-order valence-corrected chi connectivity index (χ1v) is 8.95. The number of nitrogens with zero attached hydrogens (tertiary/aromatic N) is 3. The zero-order valence-electron chi connectivity index (χ0n) is 13.5. The van der Waals surface area contributed by atoms with Gasteiger partial charge in [-0.2, -0.15) is 11.8 Å². The number of amides is 3. The first kappa shape index (κ1) is 17.9. The number of esters is 1. The number of methoxy groups -OCH3 is 1. The Morgan fingerprint density at radius 1 is 1.13 bits per heavy atom. The van der Waals surface area contributed by atoms with Gasteiger partial charge in [-0.3, -0.25) is 4.79 Å². The Kier molecular flexibility index (Phi) is 6.52. The lowest BCUT2D eigenvalue weighted by atomic mass is 10.1. The smallest absolute Gasteiger partial charge is 0.330 e. The van der Waals surface area contributed by atoms with Gasteiger partial charge in [0.1, 0.15) is 6.04 Å². The fraction of sp³-hybridized carbons (Fsp3) is 0.786. The average Bonchev–Trinajstić information content (AvgIpc) is 2.60. The number of piperazine rings is 1. The lowest BCUT2D eigenvalue weighted by Crippen LogP contribution is -2.63. The van der Waals surface area contributed by atoms with Crippen molar-refractivity contribution in [1.82, 2.24) is 14.7 Å². The first-order valence-electron chi connectivity index (χ1n) is 7.56. The lowest BCUT2D eigenvalue weighted by Gasteiger charge is -2.42. The summed E-state index contributed by atoms with van der Waals surface area (Å²) in [6.45, 7) is 2.97. The van der Waals surface area contributed by atoms with Crippen LogP contribution in [0.15, 0.2) is 0 Å².